The van der Waals surface area contributed by atoms with Crippen LogP contribution in [0.25, 0.3) is 0 Å². The fourth-order valence-corrected chi connectivity index (χ4v) is 4.10. The molecule has 0 aliphatic carbocycles. The van der Waals surface area contributed by atoms with Crippen LogP contribution in [0.1, 0.15) is 36.0 Å². The van der Waals surface area contributed by atoms with E-state index in [1.165, 1.54) is 0 Å². The summed E-state index contributed by atoms with van der Waals surface area (Å²) in [5.41, 5.74) is 0.704. The van der Waals surface area contributed by atoms with Crippen LogP contribution in [0, 0.1) is 5.92 Å². The molecule has 6 heteroatoms. The average molecular weight is 395 g/mol. The van der Waals surface area contributed by atoms with Crippen LogP contribution in [0.3, 0.4) is 0 Å². The van der Waals surface area contributed by atoms with Crippen LogP contribution in [0.5, 0.6) is 0 Å². The Labute approximate surface area is 167 Å². The molecular weight excluding hydrogens is 364 g/mol. The number of hydrogen-bond acceptors (Lipinski definition) is 4. The Balaban J connectivity index is 1.60. The summed E-state index contributed by atoms with van der Waals surface area (Å²) in [6.07, 6.45) is 4.55. The third kappa shape index (κ3) is 6.18. The van der Waals surface area contributed by atoms with Crippen molar-refractivity contribution in [3.05, 3.63) is 34.9 Å². The lowest BCUT2D eigenvalue weighted by atomic mass is 9.95. The number of carbonyl (C=O) groups excluding carboxylic acids is 1. The molecule has 2 aliphatic rings. The lowest BCUT2D eigenvalue weighted by Crippen LogP contribution is -2.44. The molecule has 0 radical (unpaired) electrons. The molecule has 0 saturated carbocycles. The van der Waals surface area contributed by atoms with Gasteiger partial charge in [0.15, 0.2) is 0 Å². The molecule has 1 aromatic rings. The molecule has 150 valence electrons. The Bertz CT molecular complexity index is 582. The highest BCUT2D eigenvalue weighted by Gasteiger charge is 2.27. The summed E-state index contributed by atoms with van der Waals surface area (Å²) in [4.78, 5) is 17.6. The highest BCUT2D eigenvalue weighted by Crippen LogP contribution is 2.22. The Morgan fingerprint density at radius 1 is 1.22 bits per heavy atom. The molecule has 3 rings (SSSR count). The molecular formula is C21H31ClN2O3. The fraction of sp³-hybridized carbons (Fsp3) is 0.667. The minimum absolute atomic E-state index is 0.0870. The van der Waals surface area contributed by atoms with Crippen LogP contribution in [0.2, 0.25) is 5.02 Å². The second-order valence-corrected chi connectivity index (χ2v) is 8.07. The molecule has 2 aliphatic heterocycles. The lowest BCUT2D eigenvalue weighted by Gasteiger charge is -2.35. The number of carbonyl (C=O) groups is 1. The molecule has 2 saturated heterocycles. The molecule has 1 amide bonds. The van der Waals surface area contributed by atoms with E-state index in [9.17, 15) is 4.79 Å². The van der Waals surface area contributed by atoms with E-state index in [0.29, 0.717) is 23.0 Å². The molecule has 27 heavy (non-hydrogen) atoms. The van der Waals surface area contributed by atoms with Gasteiger partial charge in [0.25, 0.3) is 5.91 Å². The van der Waals surface area contributed by atoms with E-state index < -0.39 is 0 Å². The van der Waals surface area contributed by atoms with Crippen molar-refractivity contribution in [1.29, 1.82) is 0 Å². The van der Waals surface area contributed by atoms with Crippen LogP contribution < -0.4 is 0 Å². The summed E-state index contributed by atoms with van der Waals surface area (Å²) in [6, 6.07) is 7.21. The molecule has 0 N–H and O–H groups in total. The van der Waals surface area contributed by atoms with E-state index in [1.54, 1.807) is 19.2 Å². The monoisotopic (exact) mass is 394 g/mol. The van der Waals surface area contributed by atoms with Gasteiger partial charge in [0, 0.05) is 43.9 Å². The van der Waals surface area contributed by atoms with E-state index in [4.69, 9.17) is 21.1 Å². The smallest absolute Gasteiger partial charge is 0.253 e. The van der Waals surface area contributed by atoms with Crippen molar-refractivity contribution in [2.75, 3.05) is 53.0 Å². The SMILES string of the molecule is COCCN1CCC(CN(C[C@H]2CCCO2)C(=O)c2ccc(Cl)cc2)CC1. The van der Waals surface area contributed by atoms with Gasteiger partial charge in [-0.15, -0.1) is 0 Å². The first kappa shape index (κ1) is 20.6. The largest absolute Gasteiger partial charge is 0.383 e. The zero-order chi connectivity index (χ0) is 19.1. The van der Waals surface area contributed by atoms with Crippen molar-refractivity contribution in [1.82, 2.24) is 9.80 Å². The van der Waals surface area contributed by atoms with Crippen molar-refractivity contribution < 1.29 is 14.3 Å². The van der Waals surface area contributed by atoms with Crippen LogP contribution in [-0.2, 0) is 9.47 Å². The number of amides is 1. The minimum atomic E-state index is 0.0870. The van der Waals surface area contributed by atoms with Crippen molar-refractivity contribution >= 4 is 17.5 Å². The second-order valence-electron chi connectivity index (χ2n) is 7.63. The molecule has 0 bridgehead atoms. The summed E-state index contributed by atoms with van der Waals surface area (Å²) in [7, 11) is 1.75. The van der Waals surface area contributed by atoms with Crippen LogP contribution in [0.4, 0.5) is 0 Å². The maximum absolute atomic E-state index is 13.1. The molecule has 0 unspecified atom stereocenters. The van der Waals surface area contributed by atoms with Gasteiger partial charge in [-0.1, -0.05) is 11.6 Å². The number of ether oxygens (including phenoxy) is 2. The van der Waals surface area contributed by atoms with Crippen molar-refractivity contribution in [3.8, 4) is 0 Å². The van der Waals surface area contributed by atoms with Gasteiger partial charge in [-0.05, 0) is 69.0 Å². The number of benzene rings is 1. The topological polar surface area (TPSA) is 42.0 Å². The van der Waals surface area contributed by atoms with Gasteiger partial charge in [0.1, 0.15) is 0 Å². The third-order valence-corrected chi connectivity index (χ3v) is 5.88. The maximum atomic E-state index is 13.1. The molecule has 2 heterocycles. The average Bonchev–Trinajstić information content (AvgIpc) is 3.20. The first-order chi connectivity index (χ1) is 13.2. The zero-order valence-corrected chi connectivity index (χ0v) is 17.0. The molecule has 0 spiro atoms. The van der Waals surface area contributed by atoms with Crippen molar-refractivity contribution in [2.24, 2.45) is 5.92 Å². The highest BCUT2D eigenvalue weighted by atomic mass is 35.5. The first-order valence-corrected chi connectivity index (χ1v) is 10.4. The van der Waals surface area contributed by atoms with Crippen LogP contribution >= 0.6 is 11.6 Å². The number of halogens is 1. The summed E-state index contributed by atoms with van der Waals surface area (Å²) >= 11 is 5.98. The number of nitrogens with zero attached hydrogens (tertiary/aromatic N) is 2. The van der Waals surface area contributed by atoms with E-state index in [0.717, 1.165) is 65.1 Å². The third-order valence-electron chi connectivity index (χ3n) is 5.62. The fourth-order valence-electron chi connectivity index (χ4n) is 3.97. The quantitative estimate of drug-likeness (QED) is 0.678. The summed E-state index contributed by atoms with van der Waals surface area (Å²) < 4.78 is 11.0. The van der Waals surface area contributed by atoms with Gasteiger partial charge in [0.2, 0.25) is 0 Å². The van der Waals surface area contributed by atoms with Crippen LogP contribution in [-0.4, -0.2) is 74.9 Å². The van der Waals surface area contributed by atoms with E-state index >= 15 is 0 Å². The predicted octanol–water partition coefficient (Wildman–Crippen LogP) is 3.32. The molecule has 0 aromatic heterocycles. The van der Waals surface area contributed by atoms with Gasteiger partial charge < -0.3 is 19.3 Å². The Morgan fingerprint density at radius 3 is 2.59 bits per heavy atom. The molecule has 2 fully saturated rings. The number of hydrogen-bond donors (Lipinski definition) is 0. The summed E-state index contributed by atoms with van der Waals surface area (Å²) in [5, 5.41) is 0.653. The zero-order valence-electron chi connectivity index (χ0n) is 16.2. The molecule has 1 aromatic carbocycles. The van der Waals surface area contributed by atoms with Crippen LogP contribution in [0.15, 0.2) is 24.3 Å². The van der Waals surface area contributed by atoms with Gasteiger partial charge >= 0.3 is 0 Å². The number of piperidine rings is 1. The number of methoxy groups -OCH3 is 1. The highest BCUT2D eigenvalue weighted by molar-refractivity contribution is 6.30. The summed E-state index contributed by atoms with van der Waals surface area (Å²) in [5.74, 6) is 0.630. The first-order valence-electron chi connectivity index (χ1n) is 10.0. The Hall–Kier alpha value is -1.14. The van der Waals surface area contributed by atoms with Gasteiger partial charge in [0.05, 0.1) is 12.7 Å². The predicted molar refractivity (Wildman–Crippen MR) is 107 cm³/mol. The van der Waals surface area contributed by atoms with Gasteiger partial charge in [-0.2, -0.15) is 0 Å². The lowest BCUT2D eigenvalue weighted by molar-refractivity contribution is 0.0437. The van der Waals surface area contributed by atoms with Gasteiger partial charge in [-0.25, -0.2) is 0 Å². The molecule has 1 atom stereocenters. The maximum Gasteiger partial charge on any atom is 0.253 e. The van der Waals surface area contributed by atoms with Crippen molar-refractivity contribution in [3.63, 3.8) is 0 Å². The normalized spacial score (nSPS) is 21.5. The second kappa shape index (κ2) is 10.4. The van der Waals surface area contributed by atoms with E-state index in [2.05, 4.69) is 4.90 Å². The summed E-state index contributed by atoms with van der Waals surface area (Å²) in [6.45, 7) is 6.24. The standard InChI is InChI=1S/C21H31ClN2O3/c1-26-14-12-23-10-8-17(9-11-23)15-24(16-20-3-2-13-27-20)21(25)18-4-6-19(22)7-5-18/h4-7,17,20H,2-3,8-16H2,1H3/t20-/m1/s1. The number of rotatable bonds is 8. The Kier molecular flexibility index (Phi) is 7.94. The Morgan fingerprint density at radius 2 is 1.96 bits per heavy atom. The minimum Gasteiger partial charge on any atom is -0.383 e. The van der Waals surface area contributed by atoms with Crippen molar-refractivity contribution in [2.45, 2.75) is 31.8 Å². The van der Waals surface area contributed by atoms with Gasteiger partial charge in [-0.3, -0.25) is 4.79 Å². The number of likely N-dealkylation sites (tertiary alicyclic amines) is 1. The van der Waals surface area contributed by atoms with E-state index in [1.807, 2.05) is 17.0 Å². The van der Waals surface area contributed by atoms with E-state index in [-0.39, 0.29) is 12.0 Å². The molecule has 5 nitrogen and oxygen atoms in total.